The Bertz CT molecular complexity index is 895. The van der Waals surface area contributed by atoms with E-state index in [-0.39, 0.29) is 0 Å². The van der Waals surface area contributed by atoms with Gasteiger partial charge in [0, 0.05) is 0 Å². The van der Waals surface area contributed by atoms with Gasteiger partial charge < -0.3 is 0 Å². The molecule has 0 atom stereocenters. The Kier molecular flexibility index (Phi) is 8.67. The standard InChI is InChI=1S/C14H11N2O.3C4H9.Sn/c1-15-11-8-6-10(7-9-11)14-16-12-4-2-3-5-13(12)17-14;3*1-3-4-2;/h2,4-9,15H,1H3;3*1,3-4H2,2H3;. The first-order valence-electron chi connectivity index (χ1n) is 11.8. The van der Waals surface area contributed by atoms with Gasteiger partial charge in [-0.05, 0) is 0 Å². The number of nitrogens with zero attached hydrogens (tertiary/aromatic N) is 1. The third-order valence-electron chi connectivity index (χ3n) is 6.45. The fourth-order valence-electron chi connectivity index (χ4n) is 4.51. The van der Waals surface area contributed by atoms with E-state index in [0.29, 0.717) is 0 Å². The number of fused-ring (bicyclic) bond motifs is 1. The van der Waals surface area contributed by atoms with Crippen LogP contribution in [0.5, 0.6) is 0 Å². The second kappa shape index (κ2) is 11.2. The average Bonchev–Trinajstić information content (AvgIpc) is 3.22. The summed E-state index contributed by atoms with van der Waals surface area (Å²) >= 11 is -2.45. The van der Waals surface area contributed by atoms with Crippen molar-refractivity contribution in [2.75, 3.05) is 12.4 Å². The van der Waals surface area contributed by atoms with Gasteiger partial charge in [-0.15, -0.1) is 0 Å². The van der Waals surface area contributed by atoms with E-state index in [0.717, 1.165) is 28.2 Å². The number of hydrogen-bond donors (Lipinski definition) is 1. The number of aromatic nitrogens is 1. The van der Waals surface area contributed by atoms with E-state index < -0.39 is 18.4 Å². The van der Waals surface area contributed by atoms with E-state index in [9.17, 15) is 0 Å². The molecule has 1 aromatic heterocycles. The summed E-state index contributed by atoms with van der Waals surface area (Å²) in [5, 5.41) is 3.16. The summed E-state index contributed by atoms with van der Waals surface area (Å²) in [7, 11) is 1.93. The van der Waals surface area contributed by atoms with Gasteiger partial charge in [0.25, 0.3) is 0 Å². The Morgan fingerprint density at radius 2 is 1.43 bits per heavy atom. The summed E-state index contributed by atoms with van der Waals surface area (Å²) in [5.41, 5.74) is 4.07. The maximum absolute atomic E-state index is 6.28. The molecule has 0 unspecified atom stereocenters. The van der Waals surface area contributed by atoms with Crippen molar-refractivity contribution in [2.24, 2.45) is 0 Å². The number of anilines is 1. The Balaban J connectivity index is 1.98. The molecule has 0 bridgehead atoms. The van der Waals surface area contributed by atoms with E-state index in [1.54, 1.807) is 3.58 Å². The van der Waals surface area contributed by atoms with Gasteiger partial charge in [0.1, 0.15) is 0 Å². The molecule has 1 heterocycles. The first-order chi connectivity index (χ1) is 14.7. The van der Waals surface area contributed by atoms with Gasteiger partial charge in [0.05, 0.1) is 0 Å². The minimum atomic E-state index is -2.45. The Morgan fingerprint density at radius 1 is 0.833 bits per heavy atom. The van der Waals surface area contributed by atoms with Crippen LogP contribution in [-0.2, 0) is 0 Å². The first-order valence-corrected chi connectivity index (χ1v) is 19.3. The van der Waals surface area contributed by atoms with E-state index in [4.69, 9.17) is 9.40 Å². The molecule has 0 amide bonds. The van der Waals surface area contributed by atoms with Gasteiger partial charge in [-0.2, -0.15) is 0 Å². The molecule has 0 radical (unpaired) electrons. The van der Waals surface area contributed by atoms with Crippen LogP contribution in [-0.4, -0.2) is 30.4 Å². The van der Waals surface area contributed by atoms with Crippen LogP contribution in [0.15, 0.2) is 46.9 Å². The van der Waals surface area contributed by atoms with Gasteiger partial charge in [-0.3, -0.25) is 0 Å². The summed E-state index contributed by atoms with van der Waals surface area (Å²) in [4.78, 5) is 4.78. The average molecular weight is 513 g/mol. The summed E-state index contributed by atoms with van der Waals surface area (Å²) in [6.07, 6.45) is 8.03. The summed E-state index contributed by atoms with van der Waals surface area (Å²) in [6, 6.07) is 15.3. The van der Waals surface area contributed by atoms with Gasteiger partial charge in [0.15, 0.2) is 0 Å². The topological polar surface area (TPSA) is 38.1 Å². The van der Waals surface area contributed by atoms with Crippen LogP contribution in [0.25, 0.3) is 22.6 Å². The van der Waals surface area contributed by atoms with Crippen molar-refractivity contribution in [1.29, 1.82) is 0 Å². The van der Waals surface area contributed by atoms with E-state index in [2.05, 4.69) is 68.6 Å². The van der Waals surface area contributed by atoms with Crippen molar-refractivity contribution >= 4 is 38.7 Å². The normalized spacial score (nSPS) is 11.9. The number of oxazole rings is 1. The number of hydrogen-bond acceptors (Lipinski definition) is 3. The maximum atomic E-state index is 6.28. The monoisotopic (exact) mass is 514 g/mol. The van der Waals surface area contributed by atoms with Crippen LogP contribution in [0.2, 0.25) is 13.3 Å². The van der Waals surface area contributed by atoms with Crippen molar-refractivity contribution in [3.8, 4) is 11.5 Å². The van der Waals surface area contributed by atoms with Gasteiger partial charge in [-0.25, -0.2) is 0 Å². The Labute approximate surface area is 186 Å². The zero-order valence-electron chi connectivity index (χ0n) is 19.3. The van der Waals surface area contributed by atoms with Crippen LogP contribution in [0.4, 0.5) is 5.69 Å². The molecule has 30 heavy (non-hydrogen) atoms. The molecule has 3 rings (SSSR count). The van der Waals surface area contributed by atoms with E-state index >= 15 is 0 Å². The molecule has 0 saturated heterocycles. The zero-order valence-corrected chi connectivity index (χ0v) is 22.1. The van der Waals surface area contributed by atoms with Crippen LogP contribution in [0.3, 0.4) is 0 Å². The molecule has 0 aliphatic heterocycles. The third kappa shape index (κ3) is 5.40. The Hall–Kier alpha value is -1.49. The summed E-state index contributed by atoms with van der Waals surface area (Å²) < 4.78 is 12.4. The van der Waals surface area contributed by atoms with Crippen molar-refractivity contribution in [3.05, 3.63) is 42.5 Å². The molecule has 0 aliphatic carbocycles. The summed E-state index contributed by atoms with van der Waals surface area (Å²) in [6.45, 7) is 7.00. The van der Waals surface area contributed by atoms with Crippen molar-refractivity contribution in [1.82, 2.24) is 4.98 Å². The second-order valence-electron chi connectivity index (χ2n) is 8.62. The molecular formula is C26H38N2OSn. The molecule has 3 aromatic rings. The first kappa shape index (κ1) is 23.2. The van der Waals surface area contributed by atoms with Crippen LogP contribution in [0.1, 0.15) is 59.3 Å². The van der Waals surface area contributed by atoms with E-state index in [1.807, 2.05) is 7.05 Å². The fourth-order valence-corrected chi connectivity index (χ4v) is 20.4. The minimum absolute atomic E-state index is 0.723. The van der Waals surface area contributed by atoms with Crippen LogP contribution < -0.4 is 8.90 Å². The molecule has 2 aromatic carbocycles. The van der Waals surface area contributed by atoms with E-state index in [1.165, 1.54) is 51.8 Å². The molecule has 0 fully saturated rings. The molecule has 3 nitrogen and oxygen atoms in total. The zero-order chi connectivity index (χ0) is 21.4. The fraction of sp³-hybridized carbons (Fsp3) is 0.500. The van der Waals surface area contributed by atoms with Gasteiger partial charge in [0.2, 0.25) is 0 Å². The Morgan fingerprint density at radius 3 is 1.97 bits per heavy atom. The number of nitrogens with one attached hydrogen (secondary N) is 1. The van der Waals surface area contributed by atoms with Crippen molar-refractivity contribution < 1.29 is 4.42 Å². The number of benzene rings is 2. The van der Waals surface area contributed by atoms with Crippen LogP contribution in [0, 0.1) is 0 Å². The predicted octanol–water partition coefficient (Wildman–Crippen LogP) is 7.59. The van der Waals surface area contributed by atoms with Crippen molar-refractivity contribution in [2.45, 2.75) is 72.6 Å². The quantitative estimate of drug-likeness (QED) is 0.254. The molecule has 4 heteroatoms. The second-order valence-corrected chi connectivity index (χ2v) is 21.9. The SMILES string of the molecule is CCC[CH2][Sn]([CH2]CCC)([CH2]CCC)[c]1ccc2nc(-c3ccc(NC)cc3)oc2c1. The van der Waals surface area contributed by atoms with Gasteiger partial charge in [-0.1, -0.05) is 0 Å². The molecule has 0 spiro atoms. The molecule has 162 valence electrons. The molecule has 0 saturated carbocycles. The molecule has 1 N–H and O–H groups in total. The third-order valence-corrected chi connectivity index (χ3v) is 22.1. The van der Waals surface area contributed by atoms with Gasteiger partial charge >= 0.3 is 187 Å². The van der Waals surface area contributed by atoms with Crippen LogP contribution >= 0.6 is 0 Å². The number of rotatable bonds is 12. The predicted molar refractivity (Wildman–Crippen MR) is 134 cm³/mol. The molecule has 0 aliphatic rings. The number of unbranched alkanes of at least 4 members (excludes halogenated alkanes) is 3. The summed E-state index contributed by atoms with van der Waals surface area (Å²) in [5.74, 6) is 0.723. The van der Waals surface area contributed by atoms with Crippen molar-refractivity contribution in [3.63, 3.8) is 0 Å². The molecular weight excluding hydrogens is 475 g/mol.